The second kappa shape index (κ2) is 20.4. The Morgan fingerprint density at radius 2 is 1.59 bits per heavy atom. The van der Waals surface area contributed by atoms with Gasteiger partial charge in [-0.15, -0.1) is 0 Å². The molecule has 2 heterocycles. The minimum absolute atomic E-state index is 0.00192. The zero-order valence-electron chi connectivity index (χ0n) is 36.0. The fourth-order valence-corrected chi connectivity index (χ4v) is 8.08. The number of phenols is 1. The molecule has 0 amide bonds. The third-order valence-corrected chi connectivity index (χ3v) is 11.3. The number of oxazole rings is 1. The van der Waals surface area contributed by atoms with Crippen molar-refractivity contribution in [2.24, 2.45) is 0 Å². The van der Waals surface area contributed by atoms with Gasteiger partial charge in [-0.05, 0) is 121 Å². The molecule has 2 aliphatic rings. The van der Waals surface area contributed by atoms with Crippen molar-refractivity contribution in [1.82, 2.24) is 15.2 Å². The summed E-state index contributed by atoms with van der Waals surface area (Å²) in [5.74, 6) is 0.0904. The lowest BCUT2D eigenvalue weighted by atomic mass is 9.90. The number of aromatic hydroxyl groups is 1. The fraction of sp³-hybridized carbons (Fsp3) is 0.173. The van der Waals surface area contributed by atoms with Gasteiger partial charge < -0.3 is 39.5 Å². The highest BCUT2D eigenvalue weighted by molar-refractivity contribution is 7.80. The van der Waals surface area contributed by atoms with E-state index in [0.717, 1.165) is 35.2 Å². The first kappa shape index (κ1) is 44.8. The molecule has 0 radical (unpaired) electrons. The average Bonchev–Trinajstić information content (AvgIpc) is 3.67. The molecular weight excluding hydrogens is 857 g/mol. The first-order valence-electron chi connectivity index (χ1n) is 21.3. The standard InChI is InChI=1S/C52H46N4O9S/c1-32-45(22-24-63-40-11-5-9-35(25-40)30-56(31-48(59)60)23-6-10-33-7-3-2-4-8-33)55-50(64-32)36-14-12-34(13-15-36)29-53-52(66)54-37-16-19-41(44(26-37)51(61)62)49-42-20-17-38(57)27-46(42)65-47-28-39(58)18-21-43(47)49/h2-5,7-9,11-21,25-28,57H,6,10,22-24,29-31H2,1H3,(H,59,60)(H,61,62)(H2,53,54,66). The lowest BCUT2D eigenvalue weighted by Gasteiger charge is -2.20. The molecule has 14 heteroatoms. The van der Waals surface area contributed by atoms with Crippen LogP contribution in [0, 0.1) is 6.92 Å². The number of nitrogens with one attached hydrogen (secondary N) is 2. The number of aromatic carboxylic acids is 1. The summed E-state index contributed by atoms with van der Waals surface area (Å²) in [5.41, 5.74) is 6.70. The number of aryl methyl sites for hydroxylation is 2. The number of thiocarbonyl (C=S) groups is 1. The Balaban J connectivity index is 0.847. The highest BCUT2D eigenvalue weighted by Crippen LogP contribution is 2.42. The van der Waals surface area contributed by atoms with Crippen LogP contribution in [0.15, 0.2) is 147 Å². The van der Waals surface area contributed by atoms with Crippen molar-refractivity contribution in [3.8, 4) is 45.4 Å². The Labute approximate surface area is 385 Å². The molecule has 334 valence electrons. The Kier molecular flexibility index (Phi) is 13.8. The summed E-state index contributed by atoms with van der Waals surface area (Å²) in [6, 6.07) is 39.4. The second-order valence-electron chi connectivity index (χ2n) is 15.8. The number of rotatable bonds is 18. The second-order valence-corrected chi connectivity index (χ2v) is 16.3. The summed E-state index contributed by atoms with van der Waals surface area (Å²) in [6.07, 6.45) is 2.26. The molecule has 5 N–H and O–H groups in total. The third-order valence-electron chi connectivity index (χ3n) is 11.1. The zero-order chi connectivity index (χ0) is 46.2. The van der Waals surface area contributed by atoms with Crippen LogP contribution in [0.4, 0.5) is 5.69 Å². The lowest BCUT2D eigenvalue weighted by molar-refractivity contribution is -0.138. The number of ether oxygens (including phenoxy) is 1. The number of aromatic nitrogens is 1. The predicted octanol–water partition coefficient (Wildman–Crippen LogP) is 9.56. The molecule has 6 aromatic rings. The van der Waals surface area contributed by atoms with E-state index in [-0.39, 0.29) is 34.2 Å². The third kappa shape index (κ3) is 11.1. The van der Waals surface area contributed by atoms with Gasteiger partial charge in [0.15, 0.2) is 10.5 Å². The van der Waals surface area contributed by atoms with Crippen LogP contribution in [0.3, 0.4) is 0 Å². The number of fused-ring (bicyclic) bond motifs is 2. The maximum Gasteiger partial charge on any atom is 0.336 e. The molecule has 0 saturated heterocycles. The van der Waals surface area contributed by atoms with Gasteiger partial charge in [-0.3, -0.25) is 14.5 Å². The molecule has 0 atom stereocenters. The normalized spacial score (nSPS) is 11.2. The summed E-state index contributed by atoms with van der Waals surface area (Å²) < 4.78 is 18.1. The lowest BCUT2D eigenvalue weighted by Crippen LogP contribution is -2.30. The number of carboxylic acid groups (broad SMARTS) is 2. The molecular formula is C52H46N4O9S. The highest BCUT2D eigenvalue weighted by Gasteiger charge is 2.23. The van der Waals surface area contributed by atoms with Crippen molar-refractivity contribution in [2.45, 2.75) is 39.3 Å². The molecule has 0 fully saturated rings. The van der Waals surface area contributed by atoms with Crippen LogP contribution in [0.25, 0.3) is 44.9 Å². The number of nitrogens with zero attached hydrogens (tertiary/aromatic N) is 2. The maximum absolute atomic E-state index is 12.7. The topological polar surface area (TPSA) is 188 Å². The molecule has 0 saturated carbocycles. The number of hydrogen-bond donors (Lipinski definition) is 5. The van der Waals surface area contributed by atoms with Gasteiger partial charge >= 0.3 is 11.9 Å². The number of carboxylic acids is 2. The van der Waals surface area contributed by atoms with Crippen LogP contribution in [-0.4, -0.2) is 62.0 Å². The van der Waals surface area contributed by atoms with Crippen LogP contribution in [0.2, 0.25) is 0 Å². The van der Waals surface area contributed by atoms with Gasteiger partial charge in [0.2, 0.25) is 5.89 Å². The molecule has 0 unspecified atom stereocenters. The van der Waals surface area contributed by atoms with Crippen molar-refractivity contribution in [3.63, 3.8) is 0 Å². The molecule has 1 aliphatic carbocycles. The quantitative estimate of drug-likeness (QED) is 0.0405. The van der Waals surface area contributed by atoms with E-state index in [1.165, 1.54) is 35.9 Å². The van der Waals surface area contributed by atoms with E-state index < -0.39 is 11.9 Å². The summed E-state index contributed by atoms with van der Waals surface area (Å²) in [5, 5.41) is 37.1. The van der Waals surface area contributed by atoms with E-state index >= 15 is 0 Å². The van der Waals surface area contributed by atoms with Crippen molar-refractivity contribution in [3.05, 3.63) is 177 Å². The molecule has 5 aromatic carbocycles. The fourth-order valence-electron chi connectivity index (χ4n) is 7.89. The number of benzene rings is 6. The van der Waals surface area contributed by atoms with Crippen molar-refractivity contribution in [2.75, 3.05) is 25.0 Å². The SMILES string of the molecule is Cc1oc(-c2ccc(CNC(=S)Nc3ccc(-c4c5ccc(=O)cc-5oc5cc(O)ccc45)c(C(=O)O)c3)cc2)nc1CCOc1cccc(CN(CCCc2ccccc2)CC(=O)O)c1. The Bertz CT molecular complexity index is 3060. The summed E-state index contributed by atoms with van der Waals surface area (Å²) in [4.78, 5) is 43.2. The molecule has 13 nitrogen and oxygen atoms in total. The monoisotopic (exact) mass is 902 g/mol. The minimum atomic E-state index is -1.16. The van der Waals surface area contributed by atoms with E-state index in [1.807, 2.05) is 78.6 Å². The summed E-state index contributed by atoms with van der Waals surface area (Å²) in [7, 11) is 0. The van der Waals surface area contributed by atoms with Gasteiger partial charge in [-0.1, -0.05) is 60.7 Å². The van der Waals surface area contributed by atoms with Gasteiger partial charge in [0.1, 0.15) is 28.6 Å². The number of aliphatic carboxylic acids is 1. The van der Waals surface area contributed by atoms with Crippen LogP contribution < -0.4 is 20.8 Å². The average molecular weight is 903 g/mol. The van der Waals surface area contributed by atoms with Gasteiger partial charge in [-0.2, -0.15) is 0 Å². The van der Waals surface area contributed by atoms with Crippen LogP contribution in [0.1, 0.15) is 44.9 Å². The van der Waals surface area contributed by atoms with E-state index in [2.05, 4.69) is 22.8 Å². The van der Waals surface area contributed by atoms with E-state index in [4.69, 9.17) is 30.8 Å². The number of carbonyl (C=O) groups is 2. The summed E-state index contributed by atoms with van der Waals surface area (Å²) >= 11 is 5.58. The Hall–Kier alpha value is -7.81. The number of anilines is 1. The van der Waals surface area contributed by atoms with Gasteiger partial charge in [-0.25, -0.2) is 9.78 Å². The van der Waals surface area contributed by atoms with E-state index in [1.54, 1.807) is 24.3 Å². The van der Waals surface area contributed by atoms with Crippen LogP contribution in [-0.2, 0) is 30.7 Å². The number of hydrogen-bond acceptors (Lipinski definition) is 10. The van der Waals surface area contributed by atoms with Crippen LogP contribution >= 0.6 is 12.2 Å². The molecule has 0 spiro atoms. The van der Waals surface area contributed by atoms with Gasteiger partial charge in [0.05, 0.1) is 24.4 Å². The maximum atomic E-state index is 12.7. The largest absolute Gasteiger partial charge is 0.508 e. The summed E-state index contributed by atoms with van der Waals surface area (Å²) in [6.45, 7) is 3.75. The first-order chi connectivity index (χ1) is 31.9. The van der Waals surface area contributed by atoms with Crippen molar-refractivity contribution >= 4 is 45.9 Å². The predicted molar refractivity (Wildman–Crippen MR) is 256 cm³/mol. The Morgan fingerprint density at radius 1 is 0.803 bits per heavy atom. The molecule has 1 aromatic heterocycles. The van der Waals surface area contributed by atoms with Crippen molar-refractivity contribution in [1.29, 1.82) is 0 Å². The molecule has 8 rings (SSSR count). The first-order valence-corrected chi connectivity index (χ1v) is 21.7. The van der Waals surface area contributed by atoms with Gasteiger partial charge in [0, 0.05) is 59.4 Å². The van der Waals surface area contributed by atoms with Crippen molar-refractivity contribution < 1.29 is 38.5 Å². The highest BCUT2D eigenvalue weighted by atomic mass is 32.1. The number of phenolic OH excluding ortho intramolecular Hbond substituents is 1. The smallest absolute Gasteiger partial charge is 0.336 e. The molecule has 66 heavy (non-hydrogen) atoms. The van der Waals surface area contributed by atoms with Gasteiger partial charge in [0.25, 0.3) is 0 Å². The molecule has 1 aliphatic heterocycles. The van der Waals surface area contributed by atoms with E-state index in [9.17, 15) is 29.7 Å². The minimum Gasteiger partial charge on any atom is -0.508 e. The Morgan fingerprint density at radius 3 is 2.38 bits per heavy atom. The zero-order valence-corrected chi connectivity index (χ0v) is 36.8. The van der Waals surface area contributed by atoms with Crippen LogP contribution in [0.5, 0.6) is 11.5 Å². The van der Waals surface area contributed by atoms with E-state index in [0.29, 0.717) is 83.4 Å². The molecule has 0 bridgehead atoms.